The molecule has 0 amide bonds. The lowest BCUT2D eigenvalue weighted by atomic mass is 9.98. The Bertz CT molecular complexity index is 1210. The maximum absolute atomic E-state index is 11.4. The van der Waals surface area contributed by atoms with Gasteiger partial charge in [0.1, 0.15) is 18.0 Å². The molecule has 0 bridgehead atoms. The van der Waals surface area contributed by atoms with E-state index in [0.29, 0.717) is 28.3 Å². The van der Waals surface area contributed by atoms with E-state index in [9.17, 15) is 9.90 Å². The Hall–Kier alpha value is -3.10. The first-order valence-electron chi connectivity index (χ1n) is 10.8. The highest BCUT2D eigenvalue weighted by Gasteiger charge is 2.38. The number of benzene rings is 2. The van der Waals surface area contributed by atoms with Crippen molar-refractivity contribution in [1.82, 2.24) is 14.8 Å². The Kier molecular flexibility index (Phi) is 5.72. The number of nitrogens with zero attached hydrogens (tertiary/aromatic N) is 3. The third-order valence-electron chi connectivity index (χ3n) is 6.09. The van der Waals surface area contributed by atoms with Crippen molar-refractivity contribution >= 4 is 17.6 Å². The van der Waals surface area contributed by atoms with E-state index in [1.165, 1.54) is 0 Å². The van der Waals surface area contributed by atoms with Gasteiger partial charge in [0.2, 0.25) is 0 Å². The first-order valence-corrected chi connectivity index (χ1v) is 11.2. The molecular weight excluding hydrogens is 446 g/mol. The number of rotatable bonds is 7. The van der Waals surface area contributed by atoms with E-state index < -0.39 is 18.2 Å². The zero-order chi connectivity index (χ0) is 23.1. The molecule has 1 aliphatic carbocycles. The van der Waals surface area contributed by atoms with Crippen molar-refractivity contribution in [3.63, 3.8) is 0 Å². The molecule has 0 saturated heterocycles. The lowest BCUT2D eigenvalue weighted by molar-refractivity contribution is -0.138. The van der Waals surface area contributed by atoms with Crippen LogP contribution in [0.25, 0.3) is 5.69 Å². The van der Waals surface area contributed by atoms with Gasteiger partial charge >= 0.3 is 5.97 Å². The summed E-state index contributed by atoms with van der Waals surface area (Å²) in [5, 5.41) is 18.9. The largest absolute Gasteiger partial charge is 0.493 e. The van der Waals surface area contributed by atoms with Gasteiger partial charge in [-0.2, -0.15) is 0 Å². The molecule has 0 spiro atoms. The summed E-state index contributed by atoms with van der Waals surface area (Å²) in [7, 11) is 3.16. The molecule has 1 aliphatic heterocycles. The number of hydrogen-bond donors (Lipinski definition) is 1. The average Bonchev–Trinajstić information content (AvgIpc) is 3.59. The lowest BCUT2D eigenvalue weighted by Crippen LogP contribution is -2.14. The quantitative estimate of drug-likeness (QED) is 0.528. The molecule has 9 heteroatoms. The smallest absolute Gasteiger partial charge is 0.303 e. The fourth-order valence-corrected chi connectivity index (χ4v) is 4.60. The van der Waals surface area contributed by atoms with Gasteiger partial charge in [-0.1, -0.05) is 23.7 Å². The number of hydrogen-bond acceptors (Lipinski definition) is 6. The van der Waals surface area contributed by atoms with Crippen molar-refractivity contribution in [1.29, 1.82) is 0 Å². The Morgan fingerprint density at radius 1 is 1.15 bits per heavy atom. The molecular formula is C24H24ClN3O5. The fourth-order valence-electron chi connectivity index (χ4n) is 4.42. The average molecular weight is 470 g/mol. The molecule has 1 N–H and O–H groups in total. The number of ether oxygens (including phenoxy) is 3. The van der Waals surface area contributed by atoms with Gasteiger partial charge in [-0.15, -0.1) is 10.2 Å². The SMILES string of the molecule is COc1cccc([C@@H]2O[C@@H](CCC(=O)O)c3nnc(C4CC4)n3-c3ccc(Cl)cc32)c1OC. The van der Waals surface area contributed by atoms with Gasteiger partial charge in [-0.25, -0.2) is 0 Å². The van der Waals surface area contributed by atoms with Crippen molar-refractivity contribution in [2.45, 2.75) is 43.8 Å². The fraction of sp³-hybridized carbons (Fsp3) is 0.375. The van der Waals surface area contributed by atoms with Crippen molar-refractivity contribution in [3.05, 3.63) is 64.2 Å². The molecule has 3 aromatic rings. The monoisotopic (exact) mass is 469 g/mol. The topological polar surface area (TPSA) is 95.7 Å². The summed E-state index contributed by atoms with van der Waals surface area (Å²) < 4.78 is 19.9. The number of carboxylic acids is 1. The number of aromatic nitrogens is 3. The summed E-state index contributed by atoms with van der Waals surface area (Å²) >= 11 is 6.44. The van der Waals surface area contributed by atoms with Crippen LogP contribution in [0.15, 0.2) is 36.4 Å². The molecule has 2 aromatic carbocycles. The molecule has 33 heavy (non-hydrogen) atoms. The number of fused-ring (bicyclic) bond motifs is 3. The van der Waals surface area contributed by atoms with Crippen molar-refractivity contribution in [2.75, 3.05) is 14.2 Å². The van der Waals surface area contributed by atoms with Gasteiger partial charge < -0.3 is 19.3 Å². The lowest BCUT2D eigenvalue weighted by Gasteiger charge is -2.24. The standard InChI is InChI=1S/C24H24ClN3O5/c1-31-18-5-3-4-15(22(18)32-2)21-16-12-14(25)8-9-17(16)28-23(13-6-7-13)26-27-24(28)19(33-21)10-11-20(29)30/h3-5,8-9,12-13,19,21H,6-7,10-11H2,1-2H3,(H,29,30)/t19-,21-/m0/s1. The van der Waals surface area contributed by atoms with Crippen LogP contribution in [-0.4, -0.2) is 40.1 Å². The van der Waals surface area contributed by atoms with Gasteiger partial charge in [0.25, 0.3) is 0 Å². The first-order chi connectivity index (χ1) is 16.0. The minimum Gasteiger partial charge on any atom is -0.493 e. The number of carbonyl (C=O) groups is 1. The molecule has 8 nitrogen and oxygen atoms in total. The second kappa shape index (κ2) is 8.68. The van der Waals surface area contributed by atoms with Gasteiger partial charge in [0.05, 0.1) is 19.9 Å². The predicted octanol–water partition coefficient (Wildman–Crippen LogP) is 4.84. The molecule has 172 valence electrons. The van der Waals surface area contributed by atoms with Crippen molar-refractivity contribution in [3.8, 4) is 17.2 Å². The number of aliphatic carboxylic acids is 1. The Morgan fingerprint density at radius 3 is 2.64 bits per heavy atom. The molecule has 2 atom stereocenters. The van der Waals surface area contributed by atoms with Crippen molar-refractivity contribution < 1.29 is 24.1 Å². The van der Waals surface area contributed by atoms with Crippen LogP contribution in [0.4, 0.5) is 0 Å². The maximum atomic E-state index is 11.4. The normalized spacial score (nSPS) is 19.4. The van der Waals surface area contributed by atoms with Crippen LogP contribution in [0, 0.1) is 0 Å². The zero-order valence-corrected chi connectivity index (χ0v) is 19.1. The number of carboxylic acid groups (broad SMARTS) is 1. The maximum Gasteiger partial charge on any atom is 0.303 e. The highest BCUT2D eigenvalue weighted by molar-refractivity contribution is 6.30. The minimum absolute atomic E-state index is 0.0602. The summed E-state index contributed by atoms with van der Waals surface area (Å²) in [5.41, 5.74) is 2.45. The molecule has 1 aromatic heterocycles. The molecule has 0 radical (unpaired) electrons. The van der Waals surface area contributed by atoms with Gasteiger partial charge in [0.15, 0.2) is 17.3 Å². The summed E-state index contributed by atoms with van der Waals surface area (Å²) in [6.45, 7) is 0. The van der Waals surface area contributed by atoms with E-state index in [-0.39, 0.29) is 12.8 Å². The molecule has 5 rings (SSSR count). The molecule has 0 unspecified atom stereocenters. The second-order valence-electron chi connectivity index (χ2n) is 8.25. The van der Waals surface area contributed by atoms with Crippen LogP contribution in [0.2, 0.25) is 5.02 Å². The van der Waals surface area contributed by atoms with E-state index in [4.69, 9.17) is 25.8 Å². The van der Waals surface area contributed by atoms with Gasteiger partial charge in [0, 0.05) is 28.5 Å². The third kappa shape index (κ3) is 3.94. The van der Waals surface area contributed by atoms with Gasteiger partial charge in [-0.3, -0.25) is 9.36 Å². The van der Waals surface area contributed by atoms with Crippen LogP contribution < -0.4 is 9.47 Å². The van der Waals surface area contributed by atoms with E-state index >= 15 is 0 Å². The van der Waals surface area contributed by atoms with E-state index in [2.05, 4.69) is 10.2 Å². The molecule has 1 fully saturated rings. The third-order valence-corrected chi connectivity index (χ3v) is 6.33. The highest BCUT2D eigenvalue weighted by atomic mass is 35.5. The summed E-state index contributed by atoms with van der Waals surface area (Å²) in [6, 6.07) is 11.3. The van der Waals surface area contributed by atoms with E-state index in [1.54, 1.807) is 14.2 Å². The predicted molar refractivity (Wildman–Crippen MR) is 120 cm³/mol. The first kappa shape index (κ1) is 21.7. The minimum atomic E-state index is -0.896. The summed E-state index contributed by atoms with van der Waals surface area (Å²) in [6.07, 6.45) is 1.12. The van der Waals surface area contributed by atoms with Crippen LogP contribution in [0.5, 0.6) is 11.5 Å². The van der Waals surface area contributed by atoms with Gasteiger partial charge in [-0.05, 0) is 43.5 Å². The Balaban J connectivity index is 1.73. The van der Waals surface area contributed by atoms with Crippen molar-refractivity contribution in [2.24, 2.45) is 0 Å². The van der Waals surface area contributed by atoms with Crippen LogP contribution in [0.3, 0.4) is 0 Å². The second-order valence-corrected chi connectivity index (χ2v) is 8.69. The molecule has 1 saturated carbocycles. The number of halogens is 1. The Morgan fingerprint density at radius 2 is 1.94 bits per heavy atom. The summed E-state index contributed by atoms with van der Waals surface area (Å²) in [5.74, 6) is 2.03. The number of para-hydroxylation sites is 1. The van der Waals surface area contributed by atoms with E-state index in [0.717, 1.165) is 35.5 Å². The van der Waals surface area contributed by atoms with Crippen LogP contribution in [-0.2, 0) is 9.53 Å². The zero-order valence-electron chi connectivity index (χ0n) is 18.3. The molecule has 2 aliphatic rings. The summed E-state index contributed by atoms with van der Waals surface area (Å²) in [4.78, 5) is 11.4. The highest BCUT2D eigenvalue weighted by Crippen LogP contribution is 2.48. The van der Waals surface area contributed by atoms with Crippen LogP contribution in [0.1, 0.15) is 66.6 Å². The Labute approximate surface area is 196 Å². The van der Waals surface area contributed by atoms with Crippen LogP contribution >= 0.6 is 11.6 Å². The molecule has 2 heterocycles. The van der Waals surface area contributed by atoms with E-state index in [1.807, 2.05) is 41.0 Å². The number of methoxy groups -OCH3 is 2.